The molecule has 0 radical (unpaired) electrons. The van der Waals surface area contributed by atoms with Crippen molar-refractivity contribution in [3.05, 3.63) is 53.3 Å². The van der Waals surface area contributed by atoms with E-state index in [9.17, 15) is 14.7 Å². The lowest BCUT2D eigenvalue weighted by atomic mass is 10.1. The number of carbonyl (C=O) groups excluding carboxylic acids is 1. The summed E-state index contributed by atoms with van der Waals surface area (Å²) in [5.41, 5.74) is 2.02. The van der Waals surface area contributed by atoms with Crippen molar-refractivity contribution in [1.82, 2.24) is 4.57 Å². The minimum absolute atomic E-state index is 0.0286. The summed E-state index contributed by atoms with van der Waals surface area (Å²) in [6.45, 7) is 4.90. The van der Waals surface area contributed by atoms with Gasteiger partial charge in [0.2, 0.25) is 5.78 Å². The molecule has 1 aliphatic heterocycles. The highest BCUT2D eigenvalue weighted by atomic mass is 32.2. The van der Waals surface area contributed by atoms with Crippen LogP contribution in [0.3, 0.4) is 0 Å². The van der Waals surface area contributed by atoms with E-state index in [-0.39, 0.29) is 5.78 Å². The van der Waals surface area contributed by atoms with Crippen LogP contribution in [0.2, 0.25) is 0 Å². The Hall–Kier alpha value is -2.01. The fourth-order valence-electron chi connectivity index (χ4n) is 3.07. The lowest BCUT2D eigenvalue weighted by Crippen LogP contribution is -2.11. The van der Waals surface area contributed by atoms with Gasteiger partial charge < -0.3 is 9.67 Å². The summed E-state index contributed by atoms with van der Waals surface area (Å²) in [5.74, 6) is 0.152. The Morgan fingerprint density at radius 1 is 1.25 bits per heavy atom. The summed E-state index contributed by atoms with van der Waals surface area (Å²) >= 11 is 1.70. The molecule has 0 saturated carbocycles. The predicted molar refractivity (Wildman–Crippen MR) is 94.9 cm³/mol. The molecule has 2 aromatic rings. The van der Waals surface area contributed by atoms with Gasteiger partial charge in [-0.15, -0.1) is 11.8 Å². The van der Waals surface area contributed by atoms with Gasteiger partial charge in [0, 0.05) is 28.5 Å². The van der Waals surface area contributed by atoms with Crippen molar-refractivity contribution >= 4 is 23.5 Å². The number of hydrogen-bond donors (Lipinski definition) is 1. The van der Waals surface area contributed by atoms with Crippen molar-refractivity contribution in [1.29, 1.82) is 0 Å². The maximum atomic E-state index is 13.0. The molecule has 1 aromatic carbocycles. The largest absolute Gasteiger partial charge is 0.481 e. The number of ketones is 1. The summed E-state index contributed by atoms with van der Waals surface area (Å²) < 4.78 is 1.87. The van der Waals surface area contributed by atoms with Crippen LogP contribution in [-0.4, -0.2) is 27.2 Å². The smallest absolute Gasteiger partial charge is 0.312 e. The zero-order valence-electron chi connectivity index (χ0n) is 13.9. The van der Waals surface area contributed by atoms with Gasteiger partial charge in [0.25, 0.3) is 0 Å². The van der Waals surface area contributed by atoms with Gasteiger partial charge in [-0.2, -0.15) is 0 Å². The Morgan fingerprint density at radius 2 is 2.00 bits per heavy atom. The third-order valence-electron chi connectivity index (χ3n) is 4.25. The van der Waals surface area contributed by atoms with Crippen LogP contribution < -0.4 is 0 Å². The molecular formula is C19H21NO3S. The van der Waals surface area contributed by atoms with E-state index in [0.29, 0.717) is 30.1 Å². The monoisotopic (exact) mass is 343 g/mol. The molecule has 0 aliphatic carbocycles. The van der Waals surface area contributed by atoms with Gasteiger partial charge in [-0.3, -0.25) is 9.59 Å². The number of benzene rings is 1. The number of rotatable bonds is 6. The number of carboxylic acid groups (broad SMARTS) is 1. The van der Waals surface area contributed by atoms with Crippen LogP contribution in [0.4, 0.5) is 0 Å². The van der Waals surface area contributed by atoms with E-state index >= 15 is 0 Å². The zero-order valence-corrected chi connectivity index (χ0v) is 14.7. The number of fused-ring (bicyclic) bond motifs is 1. The average molecular weight is 343 g/mol. The van der Waals surface area contributed by atoms with Crippen LogP contribution in [0, 0.1) is 5.92 Å². The van der Waals surface area contributed by atoms with Crippen LogP contribution in [0.1, 0.15) is 47.9 Å². The van der Waals surface area contributed by atoms with Crippen molar-refractivity contribution in [2.45, 2.75) is 37.6 Å². The molecule has 1 N–H and O–H groups in total. The minimum atomic E-state index is -0.821. The number of nitrogens with zero attached hydrogens (tertiary/aromatic N) is 1. The molecule has 1 aliphatic rings. The Labute approximate surface area is 145 Å². The highest BCUT2D eigenvalue weighted by molar-refractivity contribution is 7.99. The first kappa shape index (κ1) is 16.8. The van der Waals surface area contributed by atoms with Crippen LogP contribution >= 0.6 is 11.8 Å². The van der Waals surface area contributed by atoms with Crippen LogP contribution in [-0.2, 0) is 11.3 Å². The summed E-state index contributed by atoms with van der Waals surface area (Å²) in [7, 11) is 0. The van der Waals surface area contributed by atoms with Gasteiger partial charge in [0.05, 0.1) is 11.6 Å². The quantitative estimate of drug-likeness (QED) is 0.635. The second-order valence-corrected chi connectivity index (χ2v) is 7.57. The van der Waals surface area contributed by atoms with E-state index in [2.05, 4.69) is 13.8 Å². The first-order valence-electron chi connectivity index (χ1n) is 8.17. The maximum absolute atomic E-state index is 13.0. The van der Waals surface area contributed by atoms with Crippen LogP contribution in [0.15, 0.2) is 41.3 Å². The molecule has 0 bridgehead atoms. The van der Waals surface area contributed by atoms with E-state index in [1.165, 1.54) is 0 Å². The average Bonchev–Trinajstić information content (AvgIpc) is 3.13. The molecule has 3 rings (SSSR count). The number of carboxylic acids is 1. The summed E-state index contributed by atoms with van der Waals surface area (Å²) in [4.78, 5) is 25.3. The predicted octanol–water partition coefficient (Wildman–Crippen LogP) is 4.04. The van der Waals surface area contributed by atoms with Gasteiger partial charge in [0.15, 0.2) is 0 Å². The fraction of sp³-hybridized carbons (Fsp3) is 0.368. The van der Waals surface area contributed by atoms with Crippen molar-refractivity contribution < 1.29 is 14.7 Å². The second kappa shape index (κ2) is 6.85. The van der Waals surface area contributed by atoms with E-state index in [1.54, 1.807) is 23.9 Å². The highest BCUT2D eigenvalue weighted by Crippen LogP contribution is 2.33. The molecule has 0 spiro atoms. The first-order chi connectivity index (χ1) is 11.5. The Kier molecular flexibility index (Phi) is 4.81. The van der Waals surface area contributed by atoms with Gasteiger partial charge in [0.1, 0.15) is 0 Å². The molecule has 4 nitrogen and oxygen atoms in total. The molecule has 1 atom stereocenters. The van der Waals surface area contributed by atoms with Crippen molar-refractivity contribution in [2.75, 3.05) is 5.75 Å². The third kappa shape index (κ3) is 3.13. The fourth-order valence-corrected chi connectivity index (χ4v) is 4.07. The molecule has 1 aromatic heterocycles. The Balaban J connectivity index is 1.92. The van der Waals surface area contributed by atoms with Crippen LogP contribution in [0.25, 0.3) is 0 Å². The normalized spacial score (nSPS) is 16.4. The molecule has 0 saturated heterocycles. The molecule has 0 amide bonds. The lowest BCUT2D eigenvalue weighted by molar-refractivity contribution is -0.138. The SMILES string of the molecule is CC(C)CSc1ccccc1C(=O)c1ccc2n1CCC2C(=O)O. The topological polar surface area (TPSA) is 59.3 Å². The molecular weight excluding hydrogens is 322 g/mol. The standard InChI is InChI=1S/C19H21NO3S/c1-12(2)11-24-17-6-4-3-5-14(17)18(21)16-8-7-15-13(19(22)23)9-10-20(15)16/h3-8,12-13H,9-11H2,1-2H3,(H,22,23). The van der Waals surface area contributed by atoms with Gasteiger partial charge in [-0.25, -0.2) is 0 Å². The molecule has 2 heterocycles. The van der Waals surface area contributed by atoms with E-state index < -0.39 is 11.9 Å². The Morgan fingerprint density at radius 3 is 2.71 bits per heavy atom. The van der Waals surface area contributed by atoms with Crippen molar-refractivity contribution in [3.63, 3.8) is 0 Å². The highest BCUT2D eigenvalue weighted by Gasteiger charge is 2.32. The molecule has 0 fully saturated rings. The summed E-state index contributed by atoms with van der Waals surface area (Å²) in [6, 6.07) is 11.2. The zero-order chi connectivity index (χ0) is 17.3. The maximum Gasteiger partial charge on any atom is 0.312 e. The molecule has 24 heavy (non-hydrogen) atoms. The van der Waals surface area contributed by atoms with Crippen molar-refractivity contribution in [2.24, 2.45) is 5.92 Å². The number of carbonyl (C=O) groups is 2. The summed E-state index contributed by atoms with van der Waals surface area (Å²) in [5, 5.41) is 9.29. The van der Waals surface area contributed by atoms with E-state index in [1.807, 2.05) is 28.8 Å². The van der Waals surface area contributed by atoms with E-state index in [0.717, 1.165) is 16.3 Å². The molecule has 1 unspecified atom stereocenters. The number of hydrogen-bond acceptors (Lipinski definition) is 3. The van der Waals surface area contributed by atoms with Gasteiger partial charge >= 0.3 is 5.97 Å². The van der Waals surface area contributed by atoms with Gasteiger partial charge in [-0.1, -0.05) is 26.0 Å². The molecule has 5 heteroatoms. The summed E-state index contributed by atoms with van der Waals surface area (Å²) in [6.07, 6.45) is 0.551. The number of aromatic nitrogens is 1. The molecule has 126 valence electrons. The van der Waals surface area contributed by atoms with Crippen molar-refractivity contribution in [3.8, 4) is 0 Å². The first-order valence-corrected chi connectivity index (χ1v) is 9.16. The number of thioether (sulfide) groups is 1. The number of aliphatic carboxylic acids is 1. The van der Waals surface area contributed by atoms with Crippen LogP contribution in [0.5, 0.6) is 0 Å². The Bertz CT molecular complexity index is 779. The minimum Gasteiger partial charge on any atom is -0.481 e. The van der Waals surface area contributed by atoms with Gasteiger partial charge in [-0.05, 0) is 36.6 Å². The van der Waals surface area contributed by atoms with E-state index in [4.69, 9.17) is 0 Å². The third-order valence-corrected chi connectivity index (χ3v) is 5.75. The second-order valence-electron chi connectivity index (χ2n) is 6.50. The lowest BCUT2D eigenvalue weighted by Gasteiger charge is -2.11.